The molecular weight excluding hydrogens is 368 g/mol. The molecule has 0 spiro atoms. The second-order valence-corrected chi connectivity index (χ2v) is 6.50. The van der Waals surface area contributed by atoms with Gasteiger partial charge in [0.1, 0.15) is 20.2 Å². The van der Waals surface area contributed by atoms with E-state index in [1.54, 1.807) is 0 Å². The third kappa shape index (κ3) is 7.51. The molecule has 1 aromatic carbocycles. The van der Waals surface area contributed by atoms with Crippen molar-refractivity contribution >= 4 is 26.5 Å². The van der Waals surface area contributed by atoms with Gasteiger partial charge < -0.3 is 14.3 Å². The molecule has 23 heavy (non-hydrogen) atoms. The van der Waals surface area contributed by atoms with Crippen LogP contribution in [0.5, 0.6) is 0 Å². The molecule has 1 aromatic rings. The fraction of sp³-hybridized carbons (Fsp3) is 0.364. The number of benzene rings is 1. The van der Waals surface area contributed by atoms with Gasteiger partial charge in [0.25, 0.3) is 0 Å². The van der Waals surface area contributed by atoms with Crippen molar-refractivity contribution in [2.45, 2.75) is 35.9 Å². The average Bonchev–Trinajstić information content (AvgIpc) is 2.40. The summed E-state index contributed by atoms with van der Waals surface area (Å²) in [5.41, 5.74) is -5.12. The number of hydrogen-bond donors (Lipinski definition) is 0. The Morgan fingerprint density at radius 2 is 1.61 bits per heavy atom. The van der Waals surface area contributed by atoms with E-state index in [9.17, 15) is 31.1 Å². The van der Waals surface area contributed by atoms with Gasteiger partial charge in [0, 0.05) is 32.9 Å². The van der Waals surface area contributed by atoms with E-state index in [1.165, 1.54) is 0 Å². The maximum Gasteiger partial charge on any atom is 1.00 e. The molecule has 0 aliphatic carbocycles. The van der Waals surface area contributed by atoms with Crippen molar-refractivity contribution in [3.63, 3.8) is 0 Å². The van der Waals surface area contributed by atoms with Gasteiger partial charge in [0.15, 0.2) is 11.8 Å². The van der Waals surface area contributed by atoms with Crippen LogP contribution in [0.4, 0.5) is 0 Å². The van der Waals surface area contributed by atoms with Gasteiger partial charge >= 0.3 is 59.1 Å². The van der Waals surface area contributed by atoms with Crippen molar-refractivity contribution in [3.05, 3.63) is 29.0 Å². The Morgan fingerprint density at radius 1 is 1.09 bits per heavy atom. The molecule has 0 aliphatic heterocycles. The maximum atomic E-state index is 12.6. The van der Waals surface area contributed by atoms with Crippen molar-refractivity contribution in [1.82, 2.24) is 0 Å². The van der Waals surface area contributed by atoms with Gasteiger partial charge in [-0.15, -0.1) is 0 Å². The quantitative estimate of drug-likeness (QED) is 0.125. The van der Waals surface area contributed by atoms with Crippen LogP contribution >= 0.6 is 0 Å². The van der Waals surface area contributed by atoms with Crippen LogP contribution in [0.2, 0.25) is 0 Å². The minimum absolute atomic E-state index is 0. The van der Waals surface area contributed by atoms with Gasteiger partial charge in [0.05, 0.1) is 15.4 Å². The zero-order valence-electron chi connectivity index (χ0n) is 20.9. The van der Waals surface area contributed by atoms with E-state index in [0.717, 1.165) is 0 Å². The van der Waals surface area contributed by atoms with Gasteiger partial charge in [-0.25, -0.2) is 21.6 Å². The molecule has 0 unspecified atom stereocenters. The van der Waals surface area contributed by atoms with E-state index in [0.29, 0.717) is 12.1 Å². The second kappa shape index (κ2) is 8.75. The Kier molecular flexibility index (Phi) is 4.87. The molecular formula is C11H13NNa2O7S2. The standard InChI is InChI=1S/C11H15NO7S2.2Na/c1-11(2,3)12(13)7-8-4-5-9(20(14,15)16)6-10(8)21(17,18)19;;/h4-7H,1-3H3,(H,14,15,16)(H,17,18,19);;/q;2*+1/p-2/b12-7-;;/i1D3,2D3,3D3;;. The fourth-order valence-corrected chi connectivity index (χ4v) is 2.47. The Balaban J connectivity index is 0. The molecule has 1 rings (SSSR count). The molecule has 8 nitrogen and oxygen atoms in total. The zero-order valence-corrected chi connectivity index (χ0v) is 17.6. The molecule has 0 fully saturated rings. The molecule has 0 atom stereocenters. The molecule has 0 saturated carbocycles. The largest absolute Gasteiger partial charge is 1.00 e. The van der Waals surface area contributed by atoms with Crippen LogP contribution in [-0.4, -0.2) is 42.4 Å². The van der Waals surface area contributed by atoms with Crippen LogP contribution in [-0.2, 0) is 20.2 Å². The van der Waals surface area contributed by atoms with E-state index in [4.69, 9.17) is 12.3 Å². The first-order chi connectivity index (χ1) is 13.0. The molecule has 12 heteroatoms. The molecule has 0 aliphatic rings. The first kappa shape index (κ1) is 12.8. The van der Waals surface area contributed by atoms with Crippen molar-refractivity contribution in [2.24, 2.45) is 0 Å². The van der Waals surface area contributed by atoms with Gasteiger partial charge in [-0.1, -0.05) is 0 Å². The summed E-state index contributed by atoms with van der Waals surface area (Å²) in [6.45, 7) is -11.9. The van der Waals surface area contributed by atoms with Crippen LogP contribution < -0.4 is 59.1 Å². The summed E-state index contributed by atoms with van der Waals surface area (Å²) < 4.78 is 133. The van der Waals surface area contributed by atoms with Gasteiger partial charge in [-0.3, -0.25) is 0 Å². The average molecular weight is 390 g/mol. The third-order valence-corrected chi connectivity index (χ3v) is 3.85. The molecule has 0 bridgehead atoms. The molecule has 0 N–H and O–H groups in total. The Hall–Kier alpha value is 0.510. The van der Waals surface area contributed by atoms with E-state index < -0.39 is 66.4 Å². The predicted octanol–water partition coefficient (Wildman–Crippen LogP) is -5.77. The first-order valence-electron chi connectivity index (χ1n) is 9.35. The van der Waals surface area contributed by atoms with Gasteiger partial charge in [-0.05, 0) is 18.2 Å². The number of hydrogen-bond acceptors (Lipinski definition) is 7. The summed E-state index contributed by atoms with van der Waals surface area (Å²) in [6, 6.07) is 0.966. The Labute approximate surface area is 192 Å². The maximum absolute atomic E-state index is 12.6. The van der Waals surface area contributed by atoms with E-state index >= 15 is 0 Å². The summed E-state index contributed by atoms with van der Waals surface area (Å²) in [5, 5.41) is 12.6. The predicted molar refractivity (Wildman–Crippen MR) is 70.9 cm³/mol. The molecule has 0 amide bonds. The monoisotopic (exact) mass is 390 g/mol. The summed E-state index contributed by atoms with van der Waals surface area (Å²) in [4.78, 5) is -2.68. The molecule has 0 heterocycles. The fourth-order valence-electron chi connectivity index (χ4n) is 1.22. The van der Waals surface area contributed by atoms with Crippen LogP contribution in [0.3, 0.4) is 0 Å². The van der Waals surface area contributed by atoms with Crippen molar-refractivity contribution in [3.8, 4) is 0 Å². The van der Waals surface area contributed by atoms with Crippen LogP contribution in [0, 0.1) is 5.21 Å². The number of hydroxylamine groups is 1. The SMILES string of the molecule is [2H]C([2H])([2H])C(/[N+]([O-])=C/c1ccc(S(=O)(=O)[O-])cc1S(=O)(=O)[O-])(C([2H])([2H])[2H])C([2H])([2H])[2H].[Na+].[Na+]. The summed E-state index contributed by atoms with van der Waals surface area (Å²) in [7, 11) is -10.8. The molecule has 0 saturated heterocycles. The molecule has 0 radical (unpaired) electrons. The Bertz CT molecular complexity index is 1040. The number of nitrogens with zero attached hydrogens (tertiary/aromatic N) is 1. The van der Waals surface area contributed by atoms with E-state index in [2.05, 4.69) is 0 Å². The van der Waals surface area contributed by atoms with Crippen LogP contribution in [0.1, 0.15) is 38.5 Å². The molecule has 0 aromatic heterocycles. The Morgan fingerprint density at radius 3 is 2.00 bits per heavy atom. The van der Waals surface area contributed by atoms with Gasteiger partial charge in [0.2, 0.25) is 0 Å². The summed E-state index contributed by atoms with van der Waals surface area (Å²) >= 11 is 0. The number of rotatable bonds is 3. The van der Waals surface area contributed by atoms with Crippen LogP contribution in [0.25, 0.3) is 0 Å². The smallest absolute Gasteiger partial charge is 0.744 e. The van der Waals surface area contributed by atoms with Crippen molar-refractivity contribution < 1.29 is 102 Å². The van der Waals surface area contributed by atoms with Crippen molar-refractivity contribution in [1.29, 1.82) is 0 Å². The second-order valence-electron chi connectivity index (χ2n) is 3.77. The topological polar surface area (TPSA) is 140 Å². The minimum Gasteiger partial charge on any atom is -0.744 e. The first-order valence-corrected chi connectivity index (χ1v) is 7.67. The third-order valence-electron chi connectivity index (χ3n) is 2.13. The van der Waals surface area contributed by atoms with E-state index in [1.807, 2.05) is 0 Å². The van der Waals surface area contributed by atoms with E-state index in [-0.39, 0.29) is 71.4 Å². The summed E-state index contributed by atoms with van der Waals surface area (Å²) in [5.74, 6) is 0. The summed E-state index contributed by atoms with van der Waals surface area (Å²) in [6.07, 6.45) is -0.0862. The normalized spacial score (nSPS) is 20.4. The zero-order chi connectivity index (χ0) is 24.1. The van der Waals surface area contributed by atoms with Gasteiger partial charge in [-0.2, -0.15) is 0 Å². The van der Waals surface area contributed by atoms with Crippen LogP contribution in [0.15, 0.2) is 28.0 Å². The van der Waals surface area contributed by atoms with Crippen molar-refractivity contribution in [2.75, 3.05) is 0 Å². The minimum atomic E-state index is -5.59. The molecule has 118 valence electrons.